The van der Waals surface area contributed by atoms with Crippen LogP contribution < -0.4 is 16.1 Å². The molecular weight excluding hydrogens is 388 g/mol. The van der Waals surface area contributed by atoms with Crippen molar-refractivity contribution in [2.24, 2.45) is 0 Å². The van der Waals surface area contributed by atoms with Gasteiger partial charge in [-0.15, -0.1) is 0 Å². The van der Waals surface area contributed by atoms with Crippen molar-refractivity contribution >= 4 is 29.6 Å². The fourth-order valence-electron chi connectivity index (χ4n) is 2.45. The van der Waals surface area contributed by atoms with E-state index in [9.17, 15) is 14.4 Å². The Morgan fingerprint density at radius 3 is 2.25 bits per heavy atom. The Kier molecular flexibility index (Phi) is 7.94. The minimum atomic E-state index is -0.922. The van der Waals surface area contributed by atoms with Gasteiger partial charge in [0.2, 0.25) is 5.78 Å². The molecule has 0 saturated carbocycles. The molecular formula is C18H23ClN4O5. The summed E-state index contributed by atoms with van der Waals surface area (Å²) in [4.78, 5) is 37.7. The zero-order valence-electron chi connectivity index (χ0n) is 15.7. The van der Waals surface area contributed by atoms with Gasteiger partial charge in [-0.25, -0.2) is 15.0 Å². The van der Waals surface area contributed by atoms with Crippen LogP contribution in [-0.4, -0.2) is 49.3 Å². The Balaban J connectivity index is 2.49. The van der Waals surface area contributed by atoms with Crippen molar-refractivity contribution in [3.63, 3.8) is 0 Å². The van der Waals surface area contributed by atoms with Gasteiger partial charge in [0, 0.05) is 23.7 Å². The Hall–Kier alpha value is -2.94. The van der Waals surface area contributed by atoms with E-state index in [4.69, 9.17) is 21.1 Å². The number of benzene rings is 1. The lowest BCUT2D eigenvalue weighted by Crippen LogP contribution is -2.51. The average molecular weight is 411 g/mol. The molecule has 1 saturated heterocycles. The van der Waals surface area contributed by atoms with Crippen molar-refractivity contribution in [2.45, 2.75) is 20.3 Å². The minimum Gasteiger partial charge on any atom is -0.449 e. The van der Waals surface area contributed by atoms with Crippen LogP contribution in [0.2, 0.25) is 5.02 Å². The van der Waals surface area contributed by atoms with E-state index in [0.29, 0.717) is 23.9 Å². The van der Waals surface area contributed by atoms with Crippen LogP contribution in [0.1, 0.15) is 30.6 Å². The molecule has 0 bridgehead atoms. The average Bonchev–Trinajstić information content (AvgIpc) is 2.69. The number of hydrazine groups is 1. The molecule has 1 aromatic rings. The topological polar surface area (TPSA) is 109 Å². The van der Waals surface area contributed by atoms with Gasteiger partial charge in [-0.1, -0.05) is 11.6 Å². The van der Waals surface area contributed by atoms with Crippen molar-refractivity contribution in [1.29, 1.82) is 0 Å². The Morgan fingerprint density at radius 2 is 1.68 bits per heavy atom. The molecule has 0 aliphatic carbocycles. The van der Waals surface area contributed by atoms with Gasteiger partial charge in [0.05, 0.1) is 13.2 Å². The number of carbonyl (C=O) groups excluding carboxylic acids is 3. The molecule has 1 fully saturated rings. The van der Waals surface area contributed by atoms with E-state index in [0.717, 1.165) is 11.4 Å². The molecule has 0 unspecified atom stereocenters. The van der Waals surface area contributed by atoms with Crippen LogP contribution in [0.25, 0.3) is 0 Å². The second-order valence-corrected chi connectivity index (χ2v) is 6.07. The van der Waals surface area contributed by atoms with Crippen LogP contribution in [0.4, 0.5) is 9.59 Å². The van der Waals surface area contributed by atoms with Gasteiger partial charge in [0.1, 0.15) is 5.82 Å². The van der Waals surface area contributed by atoms with E-state index in [-0.39, 0.29) is 24.5 Å². The van der Waals surface area contributed by atoms with Gasteiger partial charge < -0.3 is 20.1 Å². The number of Topliss-reactive ketones (excluding diaryl/α,β-unsaturated/α-hetero) is 1. The lowest BCUT2D eigenvalue weighted by atomic mass is 10.1. The molecule has 28 heavy (non-hydrogen) atoms. The summed E-state index contributed by atoms with van der Waals surface area (Å²) in [6.45, 7) is 4.57. The first kappa shape index (κ1) is 21.4. The van der Waals surface area contributed by atoms with Crippen LogP contribution in [0.15, 0.2) is 35.8 Å². The number of allylic oxidation sites excluding steroid dienone is 1. The first-order valence-corrected chi connectivity index (χ1v) is 9.28. The largest absolute Gasteiger partial charge is 0.449 e. The van der Waals surface area contributed by atoms with Gasteiger partial charge in [0.15, 0.2) is 5.70 Å². The maximum Gasteiger partial charge on any atom is 0.433 e. The molecule has 152 valence electrons. The summed E-state index contributed by atoms with van der Waals surface area (Å²) >= 11 is 5.90. The lowest BCUT2D eigenvalue weighted by Gasteiger charge is -2.28. The van der Waals surface area contributed by atoms with Crippen LogP contribution in [0.3, 0.4) is 0 Å². The SMILES string of the molecule is CCOC(=O)NN(C(=O)OCC)C(C(=O)c1ccc(Cl)cc1)=C1NCCCN1. The molecule has 2 amide bonds. The summed E-state index contributed by atoms with van der Waals surface area (Å²) in [6, 6.07) is 6.18. The number of rotatable bonds is 5. The van der Waals surface area contributed by atoms with Gasteiger partial charge in [-0.3, -0.25) is 4.79 Å². The second-order valence-electron chi connectivity index (χ2n) is 5.63. The number of nitrogens with zero attached hydrogens (tertiary/aromatic N) is 1. The van der Waals surface area contributed by atoms with Crippen LogP contribution in [0.5, 0.6) is 0 Å². The van der Waals surface area contributed by atoms with E-state index < -0.39 is 18.0 Å². The monoisotopic (exact) mass is 410 g/mol. The lowest BCUT2D eigenvalue weighted by molar-refractivity contribution is 0.0776. The number of hydrogen-bond donors (Lipinski definition) is 3. The van der Waals surface area contributed by atoms with Gasteiger partial charge in [0.25, 0.3) is 0 Å². The maximum absolute atomic E-state index is 13.2. The first-order chi connectivity index (χ1) is 13.5. The number of halogens is 1. The van der Waals surface area contributed by atoms with Gasteiger partial charge in [-0.2, -0.15) is 5.01 Å². The van der Waals surface area contributed by atoms with Crippen molar-refractivity contribution in [2.75, 3.05) is 26.3 Å². The quantitative estimate of drug-likeness (QED) is 0.388. The zero-order valence-corrected chi connectivity index (χ0v) is 16.5. The number of amides is 2. The van der Waals surface area contributed by atoms with Crippen LogP contribution in [-0.2, 0) is 9.47 Å². The van der Waals surface area contributed by atoms with Crippen molar-refractivity contribution < 1.29 is 23.9 Å². The fraction of sp³-hybridized carbons (Fsp3) is 0.389. The third-order valence-corrected chi connectivity index (χ3v) is 3.92. The fourth-order valence-corrected chi connectivity index (χ4v) is 2.57. The molecule has 0 radical (unpaired) electrons. The van der Waals surface area contributed by atoms with Crippen molar-refractivity contribution in [3.05, 3.63) is 46.4 Å². The molecule has 0 atom stereocenters. The highest BCUT2D eigenvalue weighted by molar-refractivity contribution is 6.30. The second kappa shape index (κ2) is 10.4. The van der Waals surface area contributed by atoms with Crippen LogP contribution >= 0.6 is 11.6 Å². The number of carbonyl (C=O) groups is 3. The Morgan fingerprint density at radius 1 is 1.07 bits per heavy atom. The molecule has 1 aromatic carbocycles. The zero-order chi connectivity index (χ0) is 20.5. The molecule has 3 N–H and O–H groups in total. The number of hydrogen-bond acceptors (Lipinski definition) is 7. The summed E-state index contributed by atoms with van der Waals surface area (Å²) in [5.41, 5.74) is 2.44. The molecule has 10 heteroatoms. The highest BCUT2D eigenvalue weighted by Crippen LogP contribution is 2.18. The van der Waals surface area contributed by atoms with Gasteiger partial charge in [-0.05, 0) is 44.5 Å². The Bertz CT molecular complexity index is 743. The Labute approximate surface area is 168 Å². The van der Waals surface area contributed by atoms with Crippen molar-refractivity contribution in [1.82, 2.24) is 21.1 Å². The molecule has 0 aromatic heterocycles. The smallest absolute Gasteiger partial charge is 0.433 e. The van der Waals surface area contributed by atoms with E-state index >= 15 is 0 Å². The highest BCUT2D eigenvalue weighted by Gasteiger charge is 2.32. The third-order valence-electron chi connectivity index (χ3n) is 3.67. The van der Waals surface area contributed by atoms with E-state index in [1.165, 1.54) is 12.1 Å². The maximum atomic E-state index is 13.2. The number of ether oxygens (including phenoxy) is 2. The predicted octanol–water partition coefficient (Wildman–Crippen LogP) is 2.39. The molecule has 2 rings (SSSR count). The molecule has 1 aliphatic rings. The molecule has 0 spiro atoms. The molecule has 9 nitrogen and oxygen atoms in total. The predicted molar refractivity (Wildman–Crippen MR) is 102 cm³/mol. The summed E-state index contributed by atoms with van der Waals surface area (Å²) in [5.74, 6) is -0.213. The van der Waals surface area contributed by atoms with Crippen LogP contribution in [0, 0.1) is 0 Å². The number of nitrogens with one attached hydrogen (secondary N) is 3. The molecule has 1 heterocycles. The van der Waals surface area contributed by atoms with E-state index in [2.05, 4.69) is 16.1 Å². The van der Waals surface area contributed by atoms with E-state index in [1.54, 1.807) is 26.0 Å². The highest BCUT2D eigenvalue weighted by atomic mass is 35.5. The van der Waals surface area contributed by atoms with Crippen molar-refractivity contribution in [3.8, 4) is 0 Å². The normalized spacial score (nSPS) is 12.9. The first-order valence-electron chi connectivity index (χ1n) is 8.90. The summed E-state index contributed by atoms with van der Waals surface area (Å²) in [7, 11) is 0. The van der Waals surface area contributed by atoms with Gasteiger partial charge >= 0.3 is 12.2 Å². The summed E-state index contributed by atoms with van der Waals surface area (Å²) in [5, 5.41) is 7.30. The standard InChI is InChI=1S/C18H23ClN4O5/c1-3-27-17(25)22-23(18(26)28-4-2)14(16-20-10-5-11-21-16)15(24)12-6-8-13(19)9-7-12/h6-9,20-21H,3-5,10-11H2,1-2H3,(H,22,25). The summed E-state index contributed by atoms with van der Waals surface area (Å²) in [6.07, 6.45) is -0.987. The minimum absolute atomic E-state index is 0.0540. The molecule has 1 aliphatic heterocycles. The summed E-state index contributed by atoms with van der Waals surface area (Å²) < 4.78 is 9.86. The van der Waals surface area contributed by atoms with E-state index in [1.807, 2.05) is 0 Å². The third kappa shape index (κ3) is 5.53. The number of ketones is 1.